The van der Waals surface area contributed by atoms with Crippen LogP contribution in [0.2, 0.25) is 5.02 Å². The van der Waals surface area contributed by atoms with Gasteiger partial charge < -0.3 is 5.32 Å². The number of hydrogen-bond donors (Lipinski definition) is 1. The van der Waals surface area contributed by atoms with Gasteiger partial charge in [0, 0.05) is 25.2 Å². The van der Waals surface area contributed by atoms with Crippen LogP contribution in [0.3, 0.4) is 0 Å². The minimum absolute atomic E-state index is 0.136. The highest BCUT2D eigenvalue weighted by Gasteiger charge is 2.24. The number of anilines is 1. The van der Waals surface area contributed by atoms with Crippen LogP contribution in [-0.2, 0) is 10.0 Å². The number of thiophene rings is 1. The number of hydrogen-bond acceptors (Lipinski definition) is 5. The summed E-state index contributed by atoms with van der Waals surface area (Å²) in [5.41, 5.74) is 0. The molecular formula is C13H14ClN3O3S2. The van der Waals surface area contributed by atoms with Crippen molar-refractivity contribution in [3.8, 4) is 0 Å². The summed E-state index contributed by atoms with van der Waals surface area (Å²) in [4.78, 5) is 17.1. The largest absolute Gasteiger partial charge is 0.306 e. The van der Waals surface area contributed by atoms with E-state index >= 15 is 0 Å². The Hall–Kier alpha value is -1.48. The maximum atomic E-state index is 12.2. The normalized spacial score (nSPS) is 11.7. The number of rotatable bonds is 4. The summed E-state index contributed by atoms with van der Waals surface area (Å²) in [6.45, 7) is 1.67. The van der Waals surface area contributed by atoms with Crippen LogP contribution in [0.4, 0.5) is 5.82 Å². The molecule has 9 heteroatoms. The van der Waals surface area contributed by atoms with Crippen molar-refractivity contribution in [1.29, 1.82) is 0 Å². The summed E-state index contributed by atoms with van der Waals surface area (Å²) >= 11 is 6.84. The number of aryl methyl sites for hydroxylation is 1. The van der Waals surface area contributed by atoms with Gasteiger partial charge in [-0.3, -0.25) is 4.79 Å². The molecule has 0 bridgehead atoms. The van der Waals surface area contributed by atoms with Crippen molar-refractivity contribution >= 4 is 44.7 Å². The van der Waals surface area contributed by atoms with Crippen LogP contribution in [0.15, 0.2) is 29.3 Å². The van der Waals surface area contributed by atoms with Crippen LogP contribution in [-0.4, -0.2) is 37.7 Å². The summed E-state index contributed by atoms with van der Waals surface area (Å²) in [5.74, 6) is -0.0689. The number of carbonyl (C=O) groups excluding carboxylic acids is 1. The standard InChI is InChI=1S/C13H14ClN3O3S2/c1-8-11(22(19,20)17(2)3)6-10(21-8)13(18)16-12-5-4-9(14)7-15-12/h4-7H,1-3H3,(H,15,16,18). The second-order valence-corrected chi connectivity index (χ2v) is 8.45. The van der Waals surface area contributed by atoms with Gasteiger partial charge in [-0.05, 0) is 25.1 Å². The molecule has 0 saturated carbocycles. The quantitative estimate of drug-likeness (QED) is 0.910. The van der Waals surface area contributed by atoms with E-state index < -0.39 is 15.9 Å². The first kappa shape index (κ1) is 16.9. The lowest BCUT2D eigenvalue weighted by atomic mass is 10.4. The van der Waals surface area contributed by atoms with Crippen molar-refractivity contribution in [2.45, 2.75) is 11.8 Å². The van der Waals surface area contributed by atoms with Gasteiger partial charge in [0.05, 0.1) is 14.8 Å². The van der Waals surface area contributed by atoms with Gasteiger partial charge in [-0.2, -0.15) is 0 Å². The van der Waals surface area contributed by atoms with E-state index in [2.05, 4.69) is 10.3 Å². The fourth-order valence-electron chi connectivity index (χ4n) is 1.66. The van der Waals surface area contributed by atoms with Gasteiger partial charge >= 0.3 is 0 Å². The zero-order chi connectivity index (χ0) is 16.5. The van der Waals surface area contributed by atoms with Crippen LogP contribution in [0.25, 0.3) is 0 Å². The lowest BCUT2D eigenvalue weighted by Gasteiger charge is -2.10. The molecule has 0 unspecified atom stereocenters. The number of carbonyl (C=O) groups is 1. The van der Waals surface area contributed by atoms with Crippen LogP contribution < -0.4 is 5.32 Å². The van der Waals surface area contributed by atoms with E-state index in [1.165, 1.54) is 26.4 Å². The van der Waals surface area contributed by atoms with E-state index in [9.17, 15) is 13.2 Å². The summed E-state index contributed by atoms with van der Waals surface area (Å²) < 4.78 is 25.4. The SMILES string of the molecule is Cc1sc(C(=O)Nc2ccc(Cl)cn2)cc1S(=O)(=O)N(C)C. The van der Waals surface area contributed by atoms with Gasteiger partial charge in [-0.1, -0.05) is 11.6 Å². The number of halogens is 1. The van der Waals surface area contributed by atoms with E-state index in [1.807, 2.05) is 0 Å². The molecule has 0 aliphatic carbocycles. The minimum Gasteiger partial charge on any atom is -0.306 e. The highest BCUT2D eigenvalue weighted by atomic mass is 35.5. The Morgan fingerprint density at radius 3 is 2.59 bits per heavy atom. The van der Waals surface area contributed by atoms with Crippen molar-refractivity contribution < 1.29 is 13.2 Å². The highest BCUT2D eigenvalue weighted by Crippen LogP contribution is 2.28. The Labute approximate surface area is 137 Å². The average molecular weight is 360 g/mol. The fraction of sp³-hybridized carbons (Fsp3) is 0.231. The third-order valence-corrected chi connectivity index (χ3v) is 6.17. The Balaban J connectivity index is 2.27. The molecule has 2 aromatic rings. The third-order valence-electron chi connectivity index (χ3n) is 2.82. The van der Waals surface area contributed by atoms with E-state index in [0.29, 0.717) is 20.6 Å². The van der Waals surface area contributed by atoms with E-state index in [1.54, 1.807) is 19.1 Å². The second kappa shape index (κ2) is 6.33. The number of nitrogens with zero attached hydrogens (tertiary/aromatic N) is 2. The fourth-order valence-corrected chi connectivity index (χ4v) is 4.12. The average Bonchev–Trinajstić information content (AvgIpc) is 2.84. The van der Waals surface area contributed by atoms with Gasteiger partial charge in [0.15, 0.2) is 0 Å². The van der Waals surface area contributed by atoms with Gasteiger partial charge in [0.2, 0.25) is 10.0 Å². The molecule has 118 valence electrons. The highest BCUT2D eigenvalue weighted by molar-refractivity contribution is 7.89. The molecule has 0 radical (unpaired) electrons. The lowest BCUT2D eigenvalue weighted by Crippen LogP contribution is -2.22. The maximum absolute atomic E-state index is 12.2. The van der Waals surface area contributed by atoms with Gasteiger partial charge in [-0.15, -0.1) is 11.3 Å². The first-order valence-electron chi connectivity index (χ1n) is 6.17. The van der Waals surface area contributed by atoms with E-state index in [4.69, 9.17) is 11.6 Å². The number of aromatic nitrogens is 1. The van der Waals surface area contributed by atoms with E-state index in [-0.39, 0.29) is 4.90 Å². The topological polar surface area (TPSA) is 79.4 Å². The molecule has 1 N–H and O–H groups in total. The molecule has 6 nitrogen and oxygen atoms in total. The van der Waals surface area contributed by atoms with Crippen molar-refractivity contribution in [3.63, 3.8) is 0 Å². The first-order valence-corrected chi connectivity index (χ1v) is 8.81. The van der Waals surface area contributed by atoms with Crippen LogP contribution in [0, 0.1) is 6.92 Å². The number of amides is 1. The van der Waals surface area contributed by atoms with Gasteiger partial charge in [0.1, 0.15) is 5.82 Å². The molecule has 0 saturated heterocycles. The zero-order valence-electron chi connectivity index (χ0n) is 12.1. The molecule has 0 aromatic carbocycles. The number of sulfonamides is 1. The zero-order valence-corrected chi connectivity index (χ0v) is 14.5. The smallest absolute Gasteiger partial charge is 0.266 e. The number of pyridine rings is 1. The Morgan fingerprint density at radius 2 is 2.05 bits per heavy atom. The molecule has 0 atom stereocenters. The molecule has 0 aliphatic rings. The predicted molar refractivity (Wildman–Crippen MR) is 87.1 cm³/mol. The maximum Gasteiger partial charge on any atom is 0.266 e. The van der Waals surface area contributed by atoms with Gasteiger partial charge in [0.25, 0.3) is 5.91 Å². The Morgan fingerprint density at radius 1 is 1.36 bits per heavy atom. The summed E-state index contributed by atoms with van der Waals surface area (Å²) in [5, 5.41) is 3.06. The first-order chi connectivity index (χ1) is 10.2. The summed E-state index contributed by atoms with van der Waals surface area (Å²) in [6, 6.07) is 4.55. The molecule has 22 heavy (non-hydrogen) atoms. The van der Waals surface area contributed by atoms with Crippen LogP contribution in [0.5, 0.6) is 0 Å². The second-order valence-electron chi connectivity index (χ2n) is 4.63. The van der Waals surface area contributed by atoms with Crippen LogP contribution in [0.1, 0.15) is 14.5 Å². The summed E-state index contributed by atoms with van der Waals surface area (Å²) in [7, 11) is -0.672. The van der Waals surface area contributed by atoms with Crippen molar-refractivity contribution in [3.05, 3.63) is 39.2 Å². The number of nitrogens with one attached hydrogen (secondary N) is 1. The van der Waals surface area contributed by atoms with Gasteiger partial charge in [-0.25, -0.2) is 17.7 Å². The Bertz CT molecular complexity index is 798. The van der Waals surface area contributed by atoms with Crippen LogP contribution >= 0.6 is 22.9 Å². The predicted octanol–water partition coefficient (Wildman–Crippen LogP) is 2.61. The van der Waals surface area contributed by atoms with E-state index in [0.717, 1.165) is 15.6 Å². The Kier molecular flexibility index (Phi) is 4.86. The molecule has 0 spiro atoms. The summed E-state index contributed by atoms with van der Waals surface area (Å²) in [6.07, 6.45) is 1.42. The molecule has 0 aliphatic heterocycles. The molecule has 0 fully saturated rings. The molecular weight excluding hydrogens is 346 g/mol. The third kappa shape index (κ3) is 3.46. The van der Waals surface area contributed by atoms with Crippen molar-refractivity contribution in [2.75, 3.05) is 19.4 Å². The van der Waals surface area contributed by atoms with Crippen molar-refractivity contribution in [1.82, 2.24) is 9.29 Å². The molecule has 1 amide bonds. The monoisotopic (exact) mass is 359 g/mol. The molecule has 2 rings (SSSR count). The van der Waals surface area contributed by atoms with Crippen molar-refractivity contribution in [2.24, 2.45) is 0 Å². The molecule has 2 heterocycles. The lowest BCUT2D eigenvalue weighted by molar-refractivity contribution is 0.103. The molecule has 2 aromatic heterocycles. The minimum atomic E-state index is -3.57.